The highest BCUT2D eigenvalue weighted by Crippen LogP contribution is 2.24. The van der Waals surface area contributed by atoms with E-state index in [2.05, 4.69) is 0 Å². The van der Waals surface area contributed by atoms with Crippen LogP contribution >= 0.6 is 22.6 Å². The van der Waals surface area contributed by atoms with Crippen LogP contribution in [0.25, 0.3) is 0 Å². The average Bonchev–Trinajstić information content (AvgIpc) is 2.03. The molecule has 0 aromatic heterocycles. The molecule has 0 saturated heterocycles. The molecule has 0 heterocycles. The maximum Gasteiger partial charge on any atom is 0.159 e. The monoisotopic (exact) mass is 287 g/mol. The normalized spacial score (nSPS) is 9.31. The molecule has 0 atom stereocenters. The van der Waals surface area contributed by atoms with E-state index in [1.54, 1.807) is 6.07 Å². The molecular weight excluding hydrogens is 281 g/mol. The fraction of sp³-hybridized carbons (Fsp3) is 0.111. The molecule has 1 aromatic rings. The van der Waals surface area contributed by atoms with Crippen LogP contribution in [0.4, 0.5) is 0 Å². The molecule has 0 aliphatic heterocycles. The van der Waals surface area contributed by atoms with E-state index >= 15 is 0 Å². The zero-order chi connectivity index (χ0) is 10.0. The maximum atomic E-state index is 11.0. The van der Waals surface area contributed by atoms with Gasteiger partial charge in [0, 0.05) is 9.13 Å². The van der Waals surface area contributed by atoms with Crippen molar-refractivity contribution < 1.29 is 9.90 Å². The number of hydrogen-bond donors (Lipinski definition) is 1. The number of phenolic OH excluding ortho intramolecular Hbond substituents is 1. The van der Waals surface area contributed by atoms with Gasteiger partial charge in [-0.1, -0.05) is 0 Å². The minimum atomic E-state index is -0.139. The number of rotatable bonds is 1. The van der Waals surface area contributed by atoms with Gasteiger partial charge in [-0.2, -0.15) is 5.26 Å². The van der Waals surface area contributed by atoms with Crippen molar-refractivity contribution in [3.05, 3.63) is 26.8 Å². The third-order valence-corrected chi connectivity index (χ3v) is 2.44. The third kappa shape index (κ3) is 1.98. The molecular formula is C9H6INO2. The van der Waals surface area contributed by atoms with Crippen LogP contribution < -0.4 is 0 Å². The molecule has 0 bridgehead atoms. The highest BCUT2D eigenvalue weighted by molar-refractivity contribution is 14.1. The van der Waals surface area contributed by atoms with Crippen LogP contribution in [0.15, 0.2) is 12.1 Å². The van der Waals surface area contributed by atoms with E-state index in [1.807, 2.05) is 28.7 Å². The van der Waals surface area contributed by atoms with Crippen molar-refractivity contribution in [1.29, 1.82) is 5.26 Å². The molecule has 4 heteroatoms. The summed E-state index contributed by atoms with van der Waals surface area (Å²) in [5, 5.41) is 18.0. The second-order valence-electron chi connectivity index (χ2n) is 2.52. The molecule has 0 spiro atoms. The van der Waals surface area contributed by atoms with Crippen molar-refractivity contribution >= 4 is 28.4 Å². The Hall–Kier alpha value is -1.09. The third-order valence-electron chi connectivity index (χ3n) is 1.59. The molecule has 1 aromatic carbocycles. The van der Waals surface area contributed by atoms with E-state index in [0.29, 0.717) is 9.13 Å². The number of nitriles is 1. The molecule has 1 rings (SSSR count). The lowest BCUT2D eigenvalue weighted by atomic mass is 10.1. The van der Waals surface area contributed by atoms with Gasteiger partial charge in [0.15, 0.2) is 5.78 Å². The Bertz CT molecular complexity index is 384. The van der Waals surface area contributed by atoms with E-state index in [4.69, 9.17) is 5.26 Å². The topological polar surface area (TPSA) is 61.1 Å². The molecule has 0 saturated carbocycles. The standard InChI is InChI=1S/C9H6INO2/c1-5(12)6-2-8(10)7(4-11)9(13)3-6/h2-3,13H,1H3. The molecule has 13 heavy (non-hydrogen) atoms. The van der Waals surface area contributed by atoms with Gasteiger partial charge in [0.2, 0.25) is 0 Å². The van der Waals surface area contributed by atoms with Gasteiger partial charge in [-0.25, -0.2) is 0 Å². The van der Waals surface area contributed by atoms with E-state index in [9.17, 15) is 9.90 Å². The Morgan fingerprint density at radius 1 is 1.62 bits per heavy atom. The number of phenols is 1. The van der Waals surface area contributed by atoms with Crippen molar-refractivity contribution in [3.8, 4) is 11.8 Å². The highest BCUT2D eigenvalue weighted by Gasteiger charge is 2.09. The SMILES string of the molecule is CC(=O)c1cc(O)c(C#N)c(I)c1. The number of Topliss-reactive ketones (excluding diaryl/α,β-unsaturated/α-hetero) is 1. The first-order valence-corrected chi connectivity index (χ1v) is 4.57. The van der Waals surface area contributed by atoms with Gasteiger partial charge in [0.1, 0.15) is 17.4 Å². The van der Waals surface area contributed by atoms with Crippen LogP contribution in [0.3, 0.4) is 0 Å². The zero-order valence-electron chi connectivity index (χ0n) is 6.84. The van der Waals surface area contributed by atoms with Crippen LogP contribution in [0, 0.1) is 14.9 Å². The molecule has 66 valence electrons. The summed E-state index contributed by atoms with van der Waals surface area (Å²) in [7, 11) is 0. The number of ketones is 1. The summed E-state index contributed by atoms with van der Waals surface area (Å²) in [6.45, 7) is 1.41. The quantitative estimate of drug-likeness (QED) is 0.635. The van der Waals surface area contributed by atoms with Crippen molar-refractivity contribution in [3.63, 3.8) is 0 Å². The smallest absolute Gasteiger partial charge is 0.159 e. The molecule has 1 N–H and O–H groups in total. The minimum Gasteiger partial charge on any atom is -0.507 e. The van der Waals surface area contributed by atoms with Gasteiger partial charge in [-0.05, 0) is 41.6 Å². The van der Waals surface area contributed by atoms with Crippen LogP contribution in [0.5, 0.6) is 5.75 Å². The van der Waals surface area contributed by atoms with Crippen molar-refractivity contribution in [1.82, 2.24) is 0 Å². The molecule has 0 aliphatic carbocycles. The first-order valence-electron chi connectivity index (χ1n) is 3.50. The lowest BCUT2D eigenvalue weighted by molar-refractivity contribution is 0.101. The van der Waals surface area contributed by atoms with Gasteiger partial charge < -0.3 is 5.11 Å². The van der Waals surface area contributed by atoms with Crippen LogP contribution in [-0.2, 0) is 0 Å². The van der Waals surface area contributed by atoms with Gasteiger partial charge in [0.25, 0.3) is 0 Å². The van der Waals surface area contributed by atoms with Gasteiger partial charge >= 0.3 is 0 Å². The maximum absolute atomic E-state index is 11.0. The second-order valence-corrected chi connectivity index (χ2v) is 3.68. The van der Waals surface area contributed by atoms with Crippen LogP contribution in [0.2, 0.25) is 0 Å². The summed E-state index contributed by atoms with van der Waals surface area (Å²) in [4.78, 5) is 11.0. The summed E-state index contributed by atoms with van der Waals surface area (Å²) in [5.41, 5.74) is 0.631. The predicted octanol–water partition coefficient (Wildman–Crippen LogP) is 2.07. The summed E-state index contributed by atoms with van der Waals surface area (Å²) in [6.07, 6.45) is 0. The molecule has 0 fully saturated rings. The lowest BCUT2D eigenvalue weighted by Gasteiger charge is -2.01. The van der Waals surface area contributed by atoms with Crippen molar-refractivity contribution in [2.24, 2.45) is 0 Å². The van der Waals surface area contributed by atoms with Crippen molar-refractivity contribution in [2.75, 3.05) is 0 Å². The van der Waals surface area contributed by atoms with E-state index in [1.165, 1.54) is 13.0 Å². The predicted molar refractivity (Wildman–Crippen MR) is 55.5 cm³/mol. The van der Waals surface area contributed by atoms with Crippen molar-refractivity contribution in [2.45, 2.75) is 6.92 Å². The van der Waals surface area contributed by atoms with Gasteiger partial charge in [-0.15, -0.1) is 0 Å². The van der Waals surface area contributed by atoms with E-state index < -0.39 is 0 Å². The fourth-order valence-corrected chi connectivity index (χ4v) is 1.64. The van der Waals surface area contributed by atoms with Crippen LogP contribution in [-0.4, -0.2) is 10.9 Å². The number of halogens is 1. The fourth-order valence-electron chi connectivity index (χ4n) is 0.906. The molecule has 0 aliphatic rings. The largest absolute Gasteiger partial charge is 0.507 e. The Kier molecular flexibility index (Phi) is 2.88. The van der Waals surface area contributed by atoms with Crippen LogP contribution in [0.1, 0.15) is 22.8 Å². The number of nitrogens with zero attached hydrogens (tertiary/aromatic N) is 1. The number of carbonyl (C=O) groups is 1. The first kappa shape index (κ1) is 9.99. The average molecular weight is 287 g/mol. The summed E-state index contributed by atoms with van der Waals surface area (Å²) in [5.74, 6) is -0.266. The Morgan fingerprint density at radius 3 is 2.62 bits per heavy atom. The Morgan fingerprint density at radius 2 is 2.23 bits per heavy atom. The summed E-state index contributed by atoms with van der Waals surface area (Å²) >= 11 is 1.91. The molecule has 0 amide bonds. The zero-order valence-corrected chi connectivity index (χ0v) is 8.99. The summed E-state index contributed by atoms with van der Waals surface area (Å²) in [6, 6.07) is 4.75. The molecule has 3 nitrogen and oxygen atoms in total. The lowest BCUT2D eigenvalue weighted by Crippen LogP contribution is -1.94. The van der Waals surface area contributed by atoms with Gasteiger partial charge in [0.05, 0.1) is 0 Å². The van der Waals surface area contributed by atoms with E-state index in [-0.39, 0.29) is 17.1 Å². The van der Waals surface area contributed by atoms with E-state index in [0.717, 1.165) is 0 Å². The Labute approximate surface area is 89.1 Å². The second kappa shape index (κ2) is 3.75. The number of aromatic hydroxyl groups is 1. The number of hydrogen-bond acceptors (Lipinski definition) is 3. The Balaban J connectivity index is 3.39. The highest BCUT2D eigenvalue weighted by atomic mass is 127. The molecule has 0 radical (unpaired) electrons. The number of carbonyl (C=O) groups excluding carboxylic acids is 1. The minimum absolute atomic E-state index is 0.127. The first-order chi connectivity index (χ1) is 6.06. The summed E-state index contributed by atoms with van der Waals surface area (Å²) < 4.78 is 0.588. The molecule has 0 unspecified atom stereocenters. The number of benzene rings is 1. The van der Waals surface area contributed by atoms with Gasteiger partial charge in [-0.3, -0.25) is 4.79 Å².